The minimum absolute atomic E-state index is 0.119. The number of anilines is 2. The van der Waals surface area contributed by atoms with Crippen LogP contribution in [-0.2, 0) is 0 Å². The molecule has 2 aromatic rings. The van der Waals surface area contributed by atoms with Crippen molar-refractivity contribution in [1.82, 2.24) is 4.98 Å². The number of halogens is 2. The van der Waals surface area contributed by atoms with E-state index in [1.807, 2.05) is 0 Å². The number of nitrogens with one attached hydrogen (secondary N) is 1. The van der Waals surface area contributed by atoms with Crippen LogP contribution < -0.4 is 11.1 Å². The number of rotatable bonds is 3. The number of carbonyl (C=O) groups excluding carboxylic acids is 1. The van der Waals surface area contributed by atoms with E-state index in [9.17, 15) is 19.3 Å². The number of amides is 1. The zero-order valence-corrected chi connectivity index (χ0v) is 11.9. The lowest BCUT2D eigenvalue weighted by Gasteiger charge is -2.08. The Kier molecular flexibility index (Phi) is 4.13. The monoisotopic (exact) mass is 354 g/mol. The average molecular weight is 355 g/mol. The van der Waals surface area contributed by atoms with Crippen molar-refractivity contribution in [3.8, 4) is 0 Å². The molecule has 0 aliphatic rings. The number of aromatic nitrogens is 1. The molecular weight excluding hydrogens is 347 g/mol. The van der Waals surface area contributed by atoms with Gasteiger partial charge >= 0.3 is 0 Å². The summed E-state index contributed by atoms with van der Waals surface area (Å²) in [6.45, 7) is 0. The van der Waals surface area contributed by atoms with Crippen LogP contribution in [0.15, 0.2) is 34.9 Å². The SMILES string of the molecule is Nc1ncc(F)cc1C(=O)Nc1ccc([N+](=O)[O-])cc1Br. The molecule has 21 heavy (non-hydrogen) atoms. The molecule has 0 atom stereocenters. The number of hydrogen-bond donors (Lipinski definition) is 2. The molecule has 7 nitrogen and oxygen atoms in total. The molecule has 0 unspecified atom stereocenters. The topological polar surface area (TPSA) is 111 Å². The second kappa shape index (κ2) is 5.83. The molecule has 0 aliphatic heterocycles. The van der Waals surface area contributed by atoms with E-state index >= 15 is 0 Å². The Hall–Kier alpha value is -2.55. The van der Waals surface area contributed by atoms with Crippen LogP contribution in [0.1, 0.15) is 10.4 Å². The van der Waals surface area contributed by atoms with E-state index in [-0.39, 0.29) is 22.8 Å². The van der Waals surface area contributed by atoms with Gasteiger partial charge in [0.2, 0.25) is 0 Å². The predicted octanol–water partition coefficient (Wildman–Crippen LogP) is 2.73. The minimum Gasteiger partial charge on any atom is -0.383 e. The standard InChI is InChI=1S/C12H8BrFN4O3/c13-9-4-7(18(20)21)1-2-10(9)17-12(19)8-3-6(14)5-16-11(8)15/h1-5H,(H2,15,16)(H,17,19). The second-order valence-corrected chi connectivity index (χ2v) is 4.82. The van der Waals surface area contributed by atoms with Gasteiger partial charge in [0.15, 0.2) is 0 Å². The first-order valence-electron chi connectivity index (χ1n) is 5.55. The molecule has 0 saturated carbocycles. The van der Waals surface area contributed by atoms with Gasteiger partial charge in [0.05, 0.1) is 22.4 Å². The number of nitrogen functional groups attached to an aromatic ring is 1. The van der Waals surface area contributed by atoms with E-state index in [0.29, 0.717) is 4.47 Å². The Morgan fingerprint density at radius 2 is 2.14 bits per heavy atom. The summed E-state index contributed by atoms with van der Waals surface area (Å²) in [5.74, 6) is -1.49. The van der Waals surface area contributed by atoms with Gasteiger partial charge in [-0.2, -0.15) is 0 Å². The number of non-ortho nitro benzene ring substituents is 1. The molecule has 9 heteroatoms. The number of nitro groups is 1. The quantitative estimate of drug-likeness (QED) is 0.650. The van der Waals surface area contributed by atoms with Crippen LogP contribution >= 0.6 is 15.9 Å². The maximum absolute atomic E-state index is 13.1. The van der Waals surface area contributed by atoms with Gasteiger partial charge in [0.25, 0.3) is 11.6 Å². The molecule has 108 valence electrons. The number of pyridine rings is 1. The van der Waals surface area contributed by atoms with Crippen LogP contribution in [0.25, 0.3) is 0 Å². The van der Waals surface area contributed by atoms with Gasteiger partial charge in [-0.1, -0.05) is 0 Å². The number of nitrogens with zero attached hydrogens (tertiary/aromatic N) is 2. The Morgan fingerprint density at radius 1 is 1.43 bits per heavy atom. The van der Waals surface area contributed by atoms with Gasteiger partial charge in [-0.15, -0.1) is 0 Å². The van der Waals surface area contributed by atoms with E-state index in [1.54, 1.807) is 0 Å². The molecule has 0 aliphatic carbocycles. The van der Waals surface area contributed by atoms with Crippen molar-refractivity contribution in [2.45, 2.75) is 0 Å². The third-order valence-corrected chi connectivity index (χ3v) is 3.20. The summed E-state index contributed by atoms with van der Waals surface area (Å²) < 4.78 is 13.4. The van der Waals surface area contributed by atoms with Crippen molar-refractivity contribution in [3.63, 3.8) is 0 Å². The van der Waals surface area contributed by atoms with Gasteiger partial charge in [-0.25, -0.2) is 9.37 Å². The van der Waals surface area contributed by atoms with Crippen LogP contribution in [0.3, 0.4) is 0 Å². The van der Waals surface area contributed by atoms with Crippen LogP contribution in [0.2, 0.25) is 0 Å². The van der Waals surface area contributed by atoms with Crippen molar-refractivity contribution in [2.24, 2.45) is 0 Å². The lowest BCUT2D eigenvalue weighted by atomic mass is 10.2. The molecule has 1 aromatic carbocycles. The second-order valence-electron chi connectivity index (χ2n) is 3.96. The van der Waals surface area contributed by atoms with Gasteiger partial charge in [-0.05, 0) is 28.1 Å². The molecule has 2 rings (SSSR count). The first kappa shape index (κ1) is 14.9. The zero-order chi connectivity index (χ0) is 15.6. The van der Waals surface area contributed by atoms with Gasteiger partial charge in [0, 0.05) is 16.6 Å². The number of nitrogens with two attached hydrogens (primary N) is 1. The highest BCUT2D eigenvalue weighted by molar-refractivity contribution is 9.10. The number of carbonyl (C=O) groups is 1. The summed E-state index contributed by atoms with van der Waals surface area (Å²) in [5.41, 5.74) is 5.54. The molecule has 1 amide bonds. The lowest BCUT2D eigenvalue weighted by Crippen LogP contribution is -2.15. The van der Waals surface area contributed by atoms with Crippen molar-refractivity contribution in [3.05, 3.63) is 56.4 Å². The molecule has 0 radical (unpaired) electrons. The third kappa shape index (κ3) is 3.31. The molecule has 0 spiro atoms. The fourth-order valence-corrected chi connectivity index (χ4v) is 2.01. The van der Waals surface area contributed by atoms with Crippen molar-refractivity contribution < 1.29 is 14.1 Å². The summed E-state index contributed by atoms with van der Waals surface area (Å²) in [7, 11) is 0. The Bertz CT molecular complexity index is 738. The molecular formula is C12H8BrFN4O3. The fourth-order valence-electron chi connectivity index (χ4n) is 1.54. The summed E-state index contributed by atoms with van der Waals surface area (Å²) in [6.07, 6.45) is 0.897. The van der Waals surface area contributed by atoms with E-state index in [1.165, 1.54) is 18.2 Å². The Balaban J connectivity index is 2.27. The highest BCUT2D eigenvalue weighted by Crippen LogP contribution is 2.27. The van der Waals surface area contributed by atoms with Gasteiger partial charge < -0.3 is 11.1 Å². The first-order valence-corrected chi connectivity index (χ1v) is 6.34. The summed E-state index contributed by atoms with van der Waals surface area (Å²) in [4.78, 5) is 25.6. The van der Waals surface area contributed by atoms with Crippen LogP contribution in [0.4, 0.5) is 21.6 Å². The molecule has 1 aromatic heterocycles. The highest BCUT2D eigenvalue weighted by Gasteiger charge is 2.15. The van der Waals surface area contributed by atoms with Crippen LogP contribution in [0.5, 0.6) is 0 Å². The number of benzene rings is 1. The number of hydrogen-bond acceptors (Lipinski definition) is 5. The van der Waals surface area contributed by atoms with Crippen LogP contribution in [-0.4, -0.2) is 15.8 Å². The minimum atomic E-state index is -0.697. The molecule has 0 bridgehead atoms. The summed E-state index contributed by atoms with van der Waals surface area (Å²) in [6, 6.07) is 4.77. The van der Waals surface area contributed by atoms with E-state index in [4.69, 9.17) is 5.73 Å². The van der Waals surface area contributed by atoms with Gasteiger partial charge in [0.1, 0.15) is 11.6 Å². The summed E-state index contributed by atoms with van der Waals surface area (Å²) >= 11 is 3.11. The maximum atomic E-state index is 13.1. The highest BCUT2D eigenvalue weighted by atomic mass is 79.9. The third-order valence-electron chi connectivity index (χ3n) is 2.54. The molecule has 0 fully saturated rings. The Labute approximate surface area is 126 Å². The van der Waals surface area contributed by atoms with Crippen molar-refractivity contribution in [2.75, 3.05) is 11.1 Å². The molecule has 1 heterocycles. The average Bonchev–Trinajstić information content (AvgIpc) is 2.43. The summed E-state index contributed by atoms with van der Waals surface area (Å²) in [5, 5.41) is 13.1. The maximum Gasteiger partial charge on any atom is 0.270 e. The van der Waals surface area contributed by atoms with E-state index in [2.05, 4.69) is 26.2 Å². The largest absolute Gasteiger partial charge is 0.383 e. The normalized spacial score (nSPS) is 10.2. The first-order chi connectivity index (χ1) is 9.88. The lowest BCUT2D eigenvalue weighted by molar-refractivity contribution is -0.384. The van der Waals surface area contributed by atoms with Crippen LogP contribution in [0, 0.1) is 15.9 Å². The Morgan fingerprint density at radius 3 is 2.76 bits per heavy atom. The predicted molar refractivity (Wildman–Crippen MR) is 77.4 cm³/mol. The smallest absolute Gasteiger partial charge is 0.270 e. The van der Waals surface area contributed by atoms with E-state index < -0.39 is 16.6 Å². The van der Waals surface area contributed by atoms with E-state index in [0.717, 1.165) is 12.3 Å². The number of nitro benzene ring substituents is 1. The zero-order valence-electron chi connectivity index (χ0n) is 10.3. The fraction of sp³-hybridized carbons (Fsp3) is 0. The van der Waals surface area contributed by atoms with Gasteiger partial charge in [-0.3, -0.25) is 14.9 Å². The van der Waals surface area contributed by atoms with Crippen molar-refractivity contribution >= 4 is 39.0 Å². The molecule has 3 N–H and O–H groups in total. The van der Waals surface area contributed by atoms with Crippen molar-refractivity contribution in [1.29, 1.82) is 0 Å². The molecule has 0 saturated heterocycles.